The van der Waals surface area contributed by atoms with Crippen molar-refractivity contribution < 1.29 is 14.6 Å². The molecular weight excluding hydrogens is 338 g/mol. The molecule has 0 aliphatic heterocycles. The molecule has 4 nitrogen and oxygen atoms in total. The van der Waals surface area contributed by atoms with Crippen molar-refractivity contribution in [2.24, 2.45) is 0 Å². The number of ether oxygens (including phenoxy) is 1. The quantitative estimate of drug-likeness (QED) is 0.541. The maximum absolute atomic E-state index is 11.7. The van der Waals surface area contributed by atoms with E-state index in [0.717, 1.165) is 22.4 Å². The fraction of sp³-hybridized carbons (Fsp3) is 0.0435. The molecule has 0 aliphatic rings. The van der Waals surface area contributed by atoms with Crippen LogP contribution in [0.25, 0.3) is 33.3 Å². The molecule has 27 heavy (non-hydrogen) atoms. The molecule has 3 aromatic carbocycles. The van der Waals surface area contributed by atoms with Crippen molar-refractivity contribution in [2.75, 3.05) is 7.11 Å². The Labute approximate surface area is 156 Å². The number of hydrogen-bond donors (Lipinski definition) is 1. The predicted octanol–water partition coefficient (Wildman–Crippen LogP) is 5.28. The first-order chi connectivity index (χ1) is 13.2. The predicted molar refractivity (Wildman–Crippen MR) is 106 cm³/mol. The lowest BCUT2D eigenvalue weighted by atomic mass is 10.0. The first kappa shape index (κ1) is 16.8. The molecule has 132 valence electrons. The summed E-state index contributed by atoms with van der Waals surface area (Å²) in [6.45, 7) is 0. The second kappa shape index (κ2) is 6.92. The molecule has 0 spiro atoms. The van der Waals surface area contributed by atoms with Crippen LogP contribution < -0.4 is 4.74 Å². The third-order valence-electron chi connectivity index (χ3n) is 4.55. The number of benzene rings is 3. The second-order valence-corrected chi connectivity index (χ2v) is 6.18. The van der Waals surface area contributed by atoms with E-state index >= 15 is 0 Å². The lowest BCUT2D eigenvalue weighted by Gasteiger charge is -2.08. The van der Waals surface area contributed by atoms with Crippen LogP contribution in [0.2, 0.25) is 0 Å². The fourth-order valence-electron chi connectivity index (χ4n) is 3.12. The molecule has 1 heterocycles. The van der Waals surface area contributed by atoms with Crippen molar-refractivity contribution in [1.29, 1.82) is 0 Å². The Bertz CT molecular complexity index is 1120. The number of aromatic nitrogens is 1. The number of methoxy groups -OCH3 is 1. The highest BCUT2D eigenvalue weighted by atomic mass is 16.5. The molecule has 4 aromatic rings. The number of carbonyl (C=O) groups is 1. The normalized spacial score (nSPS) is 10.7. The van der Waals surface area contributed by atoms with Crippen molar-refractivity contribution in [1.82, 2.24) is 4.98 Å². The minimum atomic E-state index is -0.954. The molecule has 0 saturated heterocycles. The smallest absolute Gasteiger partial charge is 0.336 e. The van der Waals surface area contributed by atoms with Gasteiger partial charge in [-0.1, -0.05) is 54.6 Å². The lowest BCUT2D eigenvalue weighted by Crippen LogP contribution is -2.00. The highest BCUT2D eigenvalue weighted by Crippen LogP contribution is 2.28. The molecule has 1 aromatic heterocycles. The topological polar surface area (TPSA) is 59.4 Å². The first-order valence-electron chi connectivity index (χ1n) is 8.53. The van der Waals surface area contributed by atoms with E-state index in [0.29, 0.717) is 16.6 Å². The first-order valence-corrected chi connectivity index (χ1v) is 8.53. The summed E-state index contributed by atoms with van der Waals surface area (Å²) in [6.07, 6.45) is 0. The molecule has 0 unspecified atom stereocenters. The second-order valence-electron chi connectivity index (χ2n) is 6.18. The van der Waals surface area contributed by atoms with Crippen LogP contribution in [0.1, 0.15) is 10.4 Å². The van der Waals surface area contributed by atoms with Gasteiger partial charge in [0.25, 0.3) is 0 Å². The van der Waals surface area contributed by atoms with Crippen LogP contribution in [-0.2, 0) is 0 Å². The van der Waals surface area contributed by atoms with Crippen LogP contribution in [-0.4, -0.2) is 23.2 Å². The largest absolute Gasteiger partial charge is 0.497 e. The van der Waals surface area contributed by atoms with Crippen LogP contribution in [0.3, 0.4) is 0 Å². The van der Waals surface area contributed by atoms with Gasteiger partial charge < -0.3 is 9.84 Å². The van der Waals surface area contributed by atoms with Crippen LogP contribution in [0.4, 0.5) is 0 Å². The summed E-state index contributed by atoms with van der Waals surface area (Å²) < 4.78 is 5.19. The van der Waals surface area contributed by atoms with Gasteiger partial charge in [-0.3, -0.25) is 0 Å². The van der Waals surface area contributed by atoms with Gasteiger partial charge in [0.15, 0.2) is 0 Å². The van der Waals surface area contributed by atoms with Gasteiger partial charge in [0.1, 0.15) is 5.75 Å². The molecule has 0 bridgehead atoms. The zero-order chi connectivity index (χ0) is 18.8. The van der Waals surface area contributed by atoms with Crippen LogP contribution >= 0.6 is 0 Å². The molecule has 4 heteroatoms. The SMILES string of the molecule is COc1ccc(-c2ccc(-c3cc(C(=O)O)c4ccccc4n3)cc2)cc1. The molecular formula is C23H17NO3. The molecule has 0 fully saturated rings. The van der Waals surface area contributed by atoms with E-state index in [9.17, 15) is 9.90 Å². The summed E-state index contributed by atoms with van der Waals surface area (Å²) in [6, 6.07) is 24.7. The number of carboxylic acid groups (broad SMARTS) is 1. The molecule has 0 amide bonds. The van der Waals surface area contributed by atoms with E-state index in [2.05, 4.69) is 4.98 Å². The zero-order valence-corrected chi connectivity index (χ0v) is 14.7. The standard InChI is InChI=1S/C23H17NO3/c1-27-18-12-10-16(11-13-18)15-6-8-17(9-7-15)22-14-20(23(25)26)19-4-2-3-5-21(19)24-22/h2-14H,1H3,(H,25,26). The molecule has 1 N–H and O–H groups in total. The maximum atomic E-state index is 11.7. The third kappa shape index (κ3) is 3.25. The fourth-order valence-corrected chi connectivity index (χ4v) is 3.12. The van der Waals surface area contributed by atoms with Gasteiger partial charge >= 0.3 is 5.97 Å². The molecule has 4 rings (SSSR count). The van der Waals surface area contributed by atoms with Crippen molar-refractivity contribution in [2.45, 2.75) is 0 Å². The van der Waals surface area contributed by atoms with Crippen molar-refractivity contribution in [3.63, 3.8) is 0 Å². The number of pyridine rings is 1. The monoisotopic (exact) mass is 355 g/mol. The molecule has 0 atom stereocenters. The van der Waals surface area contributed by atoms with Crippen LogP contribution in [0.5, 0.6) is 5.75 Å². The van der Waals surface area contributed by atoms with Gasteiger partial charge in [0.2, 0.25) is 0 Å². The summed E-state index contributed by atoms with van der Waals surface area (Å²) in [4.78, 5) is 16.3. The van der Waals surface area contributed by atoms with Gasteiger partial charge in [0, 0.05) is 10.9 Å². The molecule has 0 aliphatic carbocycles. The number of para-hydroxylation sites is 1. The molecule has 0 radical (unpaired) electrons. The number of carboxylic acids is 1. The van der Waals surface area contributed by atoms with Crippen LogP contribution in [0, 0.1) is 0 Å². The average Bonchev–Trinajstić information content (AvgIpc) is 2.73. The van der Waals surface area contributed by atoms with Crippen molar-refractivity contribution in [3.8, 4) is 28.1 Å². The zero-order valence-electron chi connectivity index (χ0n) is 14.7. The Morgan fingerprint density at radius 2 is 1.44 bits per heavy atom. The number of fused-ring (bicyclic) bond motifs is 1. The van der Waals surface area contributed by atoms with E-state index in [4.69, 9.17) is 4.74 Å². The average molecular weight is 355 g/mol. The highest BCUT2D eigenvalue weighted by molar-refractivity contribution is 6.03. The van der Waals surface area contributed by atoms with E-state index in [1.54, 1.807) is 19.2 Å². The minimum Gasteiger partial charge on any atom is -0.497 e. The number of aromatic carboxylic acids is 1. The van der Waals surface area contributed by atoms with E-state index in [1.807, 2.05) is 66.7 Å². The van der Waals surface area contributed by atoms with Gasteiger partial charge in [-0.25, -0.2) is 9.78 Å². The summed E-state index contributed by atoms with van der Waals surface area (Å²) in [7, 11) is 1.64. The Morgan fingerprint density at radius 3 is 2.07 bits per heavy atom. The molecule has 0 saturated carbocycles. The van der Waals surface area contributed by atoms with Gasteiger partial charge in [-0.15, -0.1) is 0 Å². The Kier molecular flexibility index (Phi) is 4.30. The summed E-state index contributed by atoms with van der Waals surface area (Å²) in [5, 5.41) is 10.2. The maximum Gasteiger partial charge on any atom is 0.336 e. The number of nitrogens with zero attached hydrogens (tertiary/aromatic N) is 1. The Balaban J connectivity index is 1.74. The third-order valence-corrected chi connectivity index (χ3v) is 4.55. The summed E-state index contributed by atoms with van der Waals surface area (Å²) in [5.41, 5.74) is 4.61. The Hall–Kier alpha value is -3.66. The van der Waals surface area contributed by atoms with Gasteiger partial charge in [0.05, 0.1) is 23.9 Å². The highest BCUT2D eigenvalue weighted by Gasteiger charge is 2.12. The Morgan fingerprint density at radius 1 is 0.852 bits per heavy atom. The summed E-state index contributed by atoms with van der Waals surface area (Å²) in [5.74, 6) is -0.137. The van der Waals surface area contributed by atoms with Gasteiger partial charge in [-0.2, -0.15) is 0 Å². The summed E-state index contributed by atoms with van der Waals surface area (Å²) >= 11 is 0. The number of rotatable bonds is 4. The minimum absolute atomic E-state index is 0.259. The van der Waals surface area contributed by atoms with E-state index < -0.39 is 5.97 Å². The van der Waals surface area contributed by atoms with E-state index in [-0.39, 0.29) is 5.56 Å². The van der Waals surface area contributed by atoms with Crippen molar-refractivity contribution >= 4 is 16.9 Å². The van der Waals surface area contributed by atoms with E-state index in [1.165, 1.54) is 0 Å². The lowest BCUT2D eigenvalue weighted by molar-refractivity contribution is 0.0699. The van der Waals surface area contributed by atoms with Crippen molar-refractivity contribution in [3.05, 3.63) is 84.4 Å². The van der Waals surface area contributed by atoms with Crippen LogP contribution in [0.15, 0.2) is 78.9 Å². The van der Waals surface area contributed by atoms with Gasteiger partial charge in [-0.05, 0) is 35.4 Å². The number of hydrogen-bond acceptors (Lipinski definition) is 3.